The number of piperidine rings is 1. The number of ether oxygens (including phenoxy) is 2. The lowest BCUT2D eigenvalue weighted by Gasteiger charge is -2.31. The van der Waals surface area contributed by atoms with E-state index < -0.39 is 0 Å². The molecule has 0 N–H and O–H groups in total. The van der Waals surface area contributed by atoms with Gasteiger partial charge in [0, 0.05) is 18.7 Å². The van der Waals surface area contributed by atoms with Crippen LogP contribution in [0.4, 0.5) is 0 Å². The summed E-state index contributed by atoms with van der Waals surface area (Å²) in [6.07, 6.45) is 6.23. The number of methoxy groups -OCH3 is 1. The topological polar surface area (TPSA) is 21.7 Å². The second-order valence-corrected chi connectivity index (χ2v) is 7.47. The Hall–Kier alpha value is -1.62. The maximum atomic E-state index is 5.86. The van der Waals surface area contributed by atoms with Crippen molar-refractivity contribution in [2.75, 3.05) is 27.5 Å². The first kappa shape index (κ1) is 18.2. The van der Waals surface area contributed by atoms with E-state index >= 15 is 0 Å². The molecule has 2 heterocycles. The summed E-state index contributed by atoms with van der Waals surface area (Å²) in [4.78, 5) is 2.46. The van der Waals surface area contributed by atoms with E-state index in [-0.39, 0.29) is 6.79 Å². The van der Waals surface area contributed by atoms with Crippen LogP contribution >= 0.6 is 11.3 Å². The van der Waals surface area contributed by atoms with Crippen LogP contribution in [-0.4, -0.2) is 38.4 Å². The van der Waals surface area contributed by atoms with Gasteiger partial charge in [-0.1, -0.05) is 24.1 Å². The molecule has 3 rings (SSSR count). The monoisotopic (exact) mass is 357 g/mol. The van der Waals surface area contributed by atoms with Crippen molar-refractivity contribution in [3.8, 4) is 5.75 Å². The van der Waals surface area contributed by atoms with Crippen molar-refractivity contribution in [3.05, 3.63) is 57.8 Å². The van der Waals surface area contributed by atoms with Crippen LogP contribution in [0.1, 0.15) is 36.0 Å². The standard InChI is InChI=1S/C21H27NO2S/c1-16-7-8-21(24-15-23-3)20(12-16)19(17-9-11-25-14-17)13-18-6-4-5-10-22(18)2/h7-9,11-14,18H,4-6,10,15H2,1-3H3. The zero-order valence-electron chi connectivity index (χ0n) is 15.3. The van der Waals surface area contributed by atoms with Crippen LogP contribution in [0, 0.1) is 6.92 Å². The quantitative estimate of drug-likeness (QED) is 0.682. The lowest BCUT2D eigenvalue weighted by atomic mass is 9.93. The minimum absolute atomic E-state index is 0.260. The SMILES string of the molecule is COCOc1ccc(C)cc1C(=CC1CCCCN1C)c1ccsc1. The van der Waals surface area contributed by atoms with E-state index in [2.05, 4.69) is 60.0 Å². The van der Waals surface area contributed by atoms with Crippen LogP contribution in [0.15, 0.2) is 41.1 Å². The van der Waals surface area contributed by atoms with Crippen molar-refractivity contribution in [1.29, 1.82) is 0 Å². The summed E-state index contributed by atoms with van der Waals surface area (Å²) in [5.41, 5.74) is 4.90. The average Bonchev–Trinajstić information content (AvgIpc) is 3.14. The van der Waals surface area contributed by atoms with Gasteiger partial charge in [0.15, 0.2) is 6.79 Å². The summed E-state index contributed by atoms with van der Waals surface area (Å²) in [6, 6.07) is 9.03. The molecule has 1 aliphatic heterocycles. The van der Waals surface area contributed by atoms with Crippen LogP contribution in [0.3, 0.4) is 0 Å². The molecule has 134 valence electrons. The number of likely N-dealkylation sites (tertiary alicyclic amines) is 1. The van der Waals surface area contributed by atoms with Gasteiger partial charge < -0.3 is 9.47 Å². The minimum atomic E-state index is 0.260. The van der Waals surface area contributed by atoms with Crippen molar-refractivity contribution < 1.29 is 9.47 Å². The van der Waals surface area contributed by atoms with E-state index in [0.717, 1.165) is 11.3 Å². The van der Waals surface area contributed by atoms with Gasteiger partial charge in [0.05, 0.1) is 0 Å². The summed E-state index contributed by atoms with van der Waals surface area (Å²) in [5, 5.41) is 4.36. The van der Waals surface area contributed by atoms with Gasteiger partial charge in [-0.2, -0.15) is 11.3 Å². The first-order valence-corrected chi connectivity index (χ1v) is 9.80. The van der Waals surface area contributed by atoms with Gasteiger partial charge in [0.25, 0.3) is 0 Å². The fourth-order valence-corrected chi connectivity index (χ4v) is 4.02. The second-order valence-electron chi connectivity index (χ2n) is 6.69. The number of thiophene rings is 1. The Morgan fingerprint density at radius 3 is 2.92 bits per heavy atom. The number of likely N-dealkylation sites (N-methyl/N-ethyl adjacent to an activating group) is 1. The molecule has 0 amide bonds. The summed E-state index contributed by atoms with van der Waals surface area (Å²) in [7, 11) is 3.88. The molecule has 1 aromatic heterocycles. The van der Waals surface area contributed by atoms with Crippen molar-refractivity contribution >= 4 is 16.9 Å². The van der Waals surface area contributed by atoms with Crippen molar-refractivity contribution in [1.82, 2.24) is 4.90 Å². The molecule has 1 unspecified atom stereocenters. The predicted molar refractivity (Wildman–Crippen MR) is 105 cm³/mol. The second kappa shape index (κ2) is 8.65. The van der Waals surface area contributed by atoms with Gasteiger partial charge in [-0.15, -0.1) is 0 Å². The number of benzene rings is 1. The molecule has 0 spiro atoms. The molecule has 4 heteroatoms. The lowest BCUT2D eigenvalue weighted by Crippen LogP contribution is -2.34. The summed E-state index contributed by atoms with van der Waals surface area (Å²) >= 11 is 1.73. The zero-order chi connectivity index (χ0) is 17.6. The van der Waals surface area contributed by atoms with Crippen LogP contribution in [-0.2, 0) is 4.74 Å². The summed E-state index contributed by atoms with van der Waals surface area (Å²) in [5.74, 6) is 0.878. The fraction of sp³-hybridized carbons (Fsp3) is 0.429. The Morgan fingerprint density at radius 2 is 2.20 bits per heavy atom. The van der Waals surface area contributed by atoms with Crippen molar-refractivity contribution in [2.24, 2.45) is 0 Å². The van der Waals surface area contributed by atoms with E-state index in [1.165, 1.54) is 42.5 Å². The highest BCUT2D eigenvalue weighted by Gasteiger charge is 2.20. The third-order valence-electron chi connectivity index (χ3n) is 4.78. The van der Waals surface area contributed by atoms with Crippen LogP contribution in [0.2, 0.25) is 0 Å². The Balaban J connectivity index is 2.04. The van der Waals surface area contributed by atoms with E-state index in [1.54, 1.807) is 18.4 Å². The highest BCUT2D eigenvalue weighted by molar-refractivity contribution is 7.08. The largest absolute Gasteiger partial charge is 0.467 e. The van der Waals surface area contributed by atoms with Crippen LogP contribution < -0.4 is 4.74 Å². The maximum Gasteiger partial charge on any atom is 0.188 e. The first-order valence-electron chi connectivity index (χ1n) is 8.86. The third-order valence-corrected chi connectivity index (χ3v) is 5.46. The molecule has 0 aliphatic carbocycles. The Labute approximate surface area is 154 Å². The molecule has 25 heavy (non-hydrogen) atoms. The first-order chi connectivity index (χ1) is 12.2. The highest BCUT2D eigenvalue weighted by Crippen LogP contribution is 2.34. The van der Waals surface area contributed by atoms with Crippen molar-refractivity contribution in [3.63, 3.8) is 0 Å². The molecule has 1 saturated heterocycles. The number of aryl methyl sites for hydroxylation is 1. The number of hydrogen-bond donors (Lipinski definition) is 0. The summed E-state index contributed by atoms with van der Waals surface area (Å²) < 4.78 is 11.0. The number of nitrogens with zero attached hydrogens (tertiary/aromatic N) is 1. The van der Waals surface area contributed by atoms with Gasteiger partial charge >= 0.3 is 0 Å². The molecule has 2 aromatic rings. The Morgan fingerprint density at radius 1 is 1.32 bits per heavy atom. The molecule has 0 saturated carbocycles. The van der Waals surface area contributed by atoms with E-state index in [9.17, 15) is 0 Å². The van der Waals surface area contributed by atoms with E-state index in [0.29, 0.717) is 6.04 Å². The smallest absolute Gasteiger partial charge is 0.188 e. The normalized spacial score (nSPS) is 19.2. The molecule has 1 aromatic carbocycles. The van der Waals surface area contributed by atoms with Gasteiger partial charge in [0.1, 0.15) is 5.75 Å². The Bertz CT molecular complexity index is 709. The molecule has 1 atom stereocenters. The van der Waals surface area contributed by atoms with Gasteiger partial charge in [-0.25, -0.2) is 0 Å². The van der Waals surface area contributed by atoms with Crippen LogP contribution in [0.25, 0.3) is 5.57 Å². The van der Waals surface area contributed by atoms with E-state index in [1.807, 2.05) is 0 Å². The average molecular weight is 358 g/mol. The van der Waals surface area contributed by atoms with Gasteiger partial charge in [0.2, 0.25) is 0 Å². The maximum absolute atomic E-state index is 5.86. The fourth-order valence-electron chi connectivity index (χ4n) is 3.37. The molecule has 1 aliphatic rings. The van der Waals surface area contributed by atoms with Gasteiger partial charge in [-0.05, 0) is 73.5 Å². The predicted octanol–water partition coefficient (Wildman–Crippen LogP) is 4.96. The molecular formula is C21H27NO2S. The molecule has 0 radical (unpaired) electrons. The van der Waals surface area contributed by atoms with Crippen molar-refractivity contribution in [2.45, 2.75) is 32.2 Å². The number of rotatable bonds is 6. The number of hydrogen-bond acceptors (Lipinski definition) is 4. The minimum Gasteiger partial charge on any atom is -0.467 e. The highest BCUT2D eigenvalue weighted by atomic mass is 32.1. The molecule has 1 fully saturated rings. The molecular weight excluding hydrogens is 330 g/mol. The van der Waals surface area contributed by atoms with Crippen LogP contribution in [0.5, 0.6) is 5.75 Å². The van der Waals surface area contributed by atoms with Gasteiger partial charge in [-0.3, -0.25) is 4.90 Å². The Kier molecular flexibility index (Phi) is 6.29. The molecule has 0 bridgehead atoms. The lowest BCUT2D eigenvalue weighted by molar-refractivity contribution is 0.0509. The summed E-state index contributed by atoms with van der Waals surface area (Å²) in [6.45, 7) is 3.55. The van der Waals surface area contributed by atoms with E-state index in [4.69, 9.17) is 9.47 Å². The zero-order valence-corrected chi connectivity index (χ0v) is 16.1. The molecule has 3 nitrogen and oxygen atoms in total. The third kappa shape index (κ3) is 4.51.